The molecule has 1 N–H and O–H groups in total. The minimum Gasteiger partial charge on any atom is -0.366 e. The molecule has 0 aliphatic carbocycles. The first-order valence-corrected chi connectivity index (χ1v) is 6.33. The molecule has 0 aliphatic rings. The summed E-state index contributed by atoms with van der Waals surface area (Å²) in [6, 6.07) is 0.343. The van der Waals surface area contributed by atoms with Gasteiger partial charge in [0, 0.05) is 6.04 Å². The number of halogens is 2. The number of nitrogens with one attached hydrogen (secondary N) is 1. The average Bonchev–Trinajstić information content (AvgIpc) is 2.24. The molecule has 0 aromatic carbocycles. The van der Waals surface area contributed by atoms with Crippen LogP contribution in [0.2, 0.25) is 10.3 Å². The summed E-state index contributed by atoms with van der Waals surface area (Å²) in [6.45, 7) is 4.31. The number of anilines is 1. The van der Waals surface area contributed by atoms with Crippen LogP contribution in [0.3, 0.4) is 0 Å². The lowest BCUT2D eigenvalue weighted by Crippen LogP contribution is -2.16. The van der Waals surface area contributed by atoms with E-state index in [1.807, 2.05) is 0 Å². The predicted molar refractivity (Wildman–Crippen MR) is 69.3 cm³/mol. The van der Waals surface area contributed by atoms with E-state index in [-0.39, 0.29) is 5.28 Å². The second-order valence-electron chi connectivity index (χ2n) is 3.88. The van der Waals surface area contributed by atoms with E-state index >= 15 is 0 Å². The summed E-state index contributed by atoms with van der Waals surface area (Å²) in [5, 5.41) is 3.96. The molecule has 0 fully saturated rings. The first kappa shape index (κ1) is 13.5. The molecule has 3 nitrogen and oxygen atoms in total. The van der Waals surface area contributed by atoms with E-state index in [0.717, 1.165) is 6.42 Å². The Labute approximate surface area is 107 Å². The maximum atomic E-state index is 5.96. The number of hydrogen-bond donors (Lipinski definition) is 1. The molecule has 0 amide bonds. The van der Waals surface area contributed by atoms with Crippen molar-refractivity contribution in [3.63, 3.8) is 0 Å². The normalized spacial score (nSPS) is 12.5. The maximum Gasteiger partial charge on any atom is 0.224 e. The van der Waals surface area contributed by atoms with Crippen LogP contribution in [-0.2, 0) is 0 Å². The summed E-state index contributed by atoms with van der Waals surface area (Å²) in [7, 11) is 0. The molecule has 90 valence electrons. The fraction of sp³-hybridized carbons (Fsp3) is 0.636. The van der Waals surface area contributed by atoms with Crippen LogP contribution in [0.15, 0.2) is 6.20 Å². The smallest absolute Gasteiger partial charge is 0.224 e. The molecule has 1 rings (SSSR count). The van der Waals surface area contributed by atoms with E-state index in [1.54, 1.807) is 0 Å². The molecule has 0 saturated carbocycles. The largest absolute Gasteiger partial charge is 0.366 e. The summed E-state index contributed by atoms with van der Waals surface area (Å²) >= 11 is 11.7. The molecule has 1 aromatic heterocycles. The Morgan fingerprint density at radius 3 is 2.81 bits per heavy atom. The van der Waals surface area contributed by atoms with Gasteiger partial charge >= 0.3 is 0 Å². The van der Waals surface area contributed by atoms with Gasteiger partial charge in [0.2, 0.25) is 5.28 Å². The predicted octanol–water partition coefficient (Wildman–Crippen LogP) is 4.16. The highest BCUT2D eigenvalue weighted by Gasteiger charge is 2.07. The van der Waals surface area contributed by atoms with Crippen LogP contribution in [0.1, 0.15) is 39.5 Å². The summed E-state index contributed by atoms with van der Waals surface area (Å²) < 4.78 is 0. The summed E-state index contributed by atoms with van der Waals surface area (Å²) in [5.41, 5.74) is 0. The van der Waals surface area contributed by atoms with Gasteiger partial charge in [-0.1, -0.05) is 37.8 Å². The fourth-order valence-electron chi connectivity index (χ4n) is 1.45. The van der Waals surface area contributed by atoms with Gasteiger partial charge in [0.05, 0.1) is 6.20 Å². The van der Waals surface area contributed by atoms with Crippen molar-refractivity contribution in [2.75, 3.05) is 5.32 Å². The van der Waals surface area contributed by atoms with E-state index in [4.69, 9.17) is 23.2 Å². The van der Waals surface area contributed by atoms with Crippen molar-refractivity contribution in [1.29, 1.82) is 0 Å². The maximum absolute atomic E-state index is 5.96. The fourth-order valence-corrected chi connectivity index (χ4v) is 1.73. The van der Waals surface area contributed by atoms with Crippen LogP contribution in [0.4, 0.5) is 5.82 Å². The van der Waals surface area contributed by atoms with Crippen LogP contribution in [-0.4, -0.2) is 16.0 Å². The van der Waals surface area contributed by atoms with Crippen molar-refractivity contribution < 1.29 is 0 Å². The van der Waals surface area contributed by atoms with E-state index in [0.29, 0.717) is 16.9 Å². The van der Waals surface area contributed by atoms with Crippen molar-refractivity contribution in [2.45, 2.75) is 45.6 Å². The number of aromatic nitrogens is 2. The zero-order valence-electron chi connectivity index (χ0n) is 9.63. The van der Waals surface area contributed by atoms with Gasteiger partial charge in [-0.2, -0.15) is 4.98 Å². The van der Waals surface area contributed by atoms with E-state index < -0.39 is 0 Å². The Morgan fingerprint density at radius 2 is 2.12 bits per heavy atom. The molecule has 1 unspecified atom stereocenters. The number of rotatable bonds is 6. The molecule has 1 heterocycles. The molecule has 16 heavy (non-hydrogen) atoms. The number of hydrogen-bond acceptors (Lipinski definition) is 3. The Balaban J connectivity index is 2.48. The van der Waals surface area contributed by atoms with Gasteiger partial charge in [0.25, 0.3) is 0 Å². The van der Waals surface area contributed by atoms with Crippen LogP contribution < -0.4 is 5.32 Å². The number of nitrogens with zero attached hydrogens (tertiary/aromatic N) is 2. The molecular weight excluding hydrogens is 245 g/mol. The molecule has 0 saturated heterocycles. The highest BCUT2D eigenvalue weighted by molar-refractivity contribution is 6.33. The Morgan fingerprint density at radius 1 is 1.38 bits per heavy atom. The molecule has 5 heteroatoms. The van der Waals surface area contributed by atoms with Crippen molar-refractivity contribution in [3.05, 3.63) is 16.5 Å². The highest BCUT2D eigenvalue weighted by atomic mass is 35.5. The van der Waals surface area contributed by atoms with Crippen molar-refractivity contribution in [3.8, 4) is 0 Å². The van der Waals surface area contributed by atoms with Crippen molar-refractivity contribution >= 4 is 29.0 Å². The summed E-state index contributed by atoms with van der Waals surface area (Å²) in [5.74, 6) is 0.616. The molecule has 0 aliphatic heterocycles. The van der Waals surface area contributed by atoms with Gasteiger partial charge < -0.3 is 5.32 Å². The van der Waals surface area contributed by atoms with Gasteiger partial charge in [-0.3, -0.25) is 0 Å². The molecule has 0 bridgehead atoms. The quantitative estimate of drug-likeness (QED) is 0.617. The second kappa shape index (κ2) is 6.92. The summed E-state index contributed by atoms with van der Waals surface area (Å²) in [4.78, 5) is 7.86. The van der Waals surface area contributed by atoms with Crippen LogP contribution in [0.5, 0.6) is 0 Å². The van der Waals surface area contributed by atoms with Gasteiger partial charge in [0.15, 0.2) is 0 Å². The lowest BCUT2D eigenvalue weighted by molar-refractivity contribution is 0.613. The molecular formula is C11H17Cl2N3. The van der Waals surface area contributed by atoms with Crippen LogP contribution >= 0.6 is 23.2 Å². The zero-order valence-corrected chi connectivity index (χ0v) is 11.1. The molecule has 0 spiro atoms. The molecule has 1 aromatic rings. The lowest BCUT2D eigenvalue weighted by atomic mass is 10.1. The topological polar surface area (TPSA) is 37.8 Å². The van der Waals surface area contributed by atoms with Crippen LogP contribution in [0, 0.1) is 0 Å². The van der Waals surface area contributed by atoms with Gasteiger partial charge in [0.1, 0.15) is 10.8 Å². The van der Waals surface area contributed by atoms with Crippen molar-refractivity contribution in [2.24, 2.45) is 0 Å². The lowest BCUT2D eigenvalue weighted by Gasteiger charge is -2.14. The van der Waals surface area contributed by atoms with Crippen LogP contribution in [0.25, 0.3) is 0 Å². The Kier molecular flexibility index (Phi) is 5.85. The third kappa shape index (κ3) is 4.54. The van der Waals surface area contributed by atoms with Gasteiger partial charge in [-0.15, -0.1) is 0 Å². The first-order valence-electron chi connectivity index (χ1n) is 5.58. The first-order chi connectivity index (χ1) is 7.63. The Hall–Kier alpha value is -0.540. The van der Waals surface area contributed by atoms with Crippen molar-refractivity contribution in [1.82, 2.24) is 9.97 Å². The second-order valence-corrected chi connectivity index (χ2v) is 4.62. The Bertz CT molecular complexity index is 331. The monoisotopic (exact) mass is 261 g/mol. The average molecular weight is 262 g/mol. The zero-order chi connectivity index (χ0) is 12.0. The van der Waals surface area contributed by atoms with E-state index in [1.165, 1.54) is 25.5 Å². The third-order valence-corrected chi connectivity index (χ3v) is 2.80. The highest BCUT2D eigenvalue weighted by Crippen LogP contribution is 2.21. The SMILES string of the molecule is CCCCCC(C)Nc1nc(Cl)ncc1Cl. The third-order valence-electron chi connectivity index (χ3n) is 2.34. The van der Waals surface area contributed by atoms with E-state index in [2.05, 4.69) is 29.1 Å². The standard InChI is InChI=1S/C11H17Cl2N3/c1-3-4-5-6-8(2)15-10-9(12)7-14-11(13)16-10/h7-8H,3-6H2,1-2H3,(H,14,15,16). The minimum atomic E-state index is 0.215. The molecule has 0 radical (unpaired) electrons. The summed E-state index contributed by atoms with van der Waals surface area (Å²) in [6.07, 6.45) is 6.31. The molecule has 1 atom stereocenters. The van der Waals surface area contributed by atoms with E-state index in [9.17, 15) is 0 Å². The number of unbranched alkanes of at least 4 members (excludes halogenated alkanes) is 2. The van der Waals surface area contributed by atoms with Gasteiger partial charge in [-0.05, 0) is 24.9 Å². The minimum absolute atomic E-state index is 0.215. The van der Waals surface area contributed by atoms with Gasteiger partial charge in [-0.25, -0.2) is 4.98 Å².